The van der Waals surface area contributed by atoms with Crippen LogP contribution in [0.15, 0.2) is 49.1 Å². The highest BCUT2D eigenvalue weighted by atomic mass is 16.6. The third-order valence-corrected chi connectivity index (χ3v) is 2.49. The Morgan fingerprint density at radius 2 is 1.54 bits per heavy atom. The van der Waals surface area contributed by atoms with Crippen molar-refractivity contribution in [3.8, 4) is 5.75 Å². The molecule has 1 aromatic carbocycles. The standard InChI is InChI=1S/C6H3N3O7.2C3H4N2/c10-6-4(8(13)14)1-3(7(11)12)2-5(6)9(15)16;2*1-2-4-5-3-1/h1-2,10H;2*1-3H,(H,4,5). The zero-order valence-corrected chi connectivity index (χ0v) is 12.8. The Balaban J connectivity index is 0.000000270. The molecule has 0 saturated heterocycles. The molecule has 0 radical (unpaired) electrons. The van der Waals surface area contributed by atoms with E-state index in [0.717, 1.165) is 0 Å². The first-order chi connectivity index (χ1) is 12.3. The molecule has 0 unspecified atom stereocenters. The Hall–Kier alpha value is -4.36. The van der Waals surface area contributed by atoms with Crippen LogP contribution in [0.2, 0.25) is 0 Å². The Morgan fingerprint density at radius 3 is 1.77 bits per heavy atom. The number of aromatic amines is 3. The highest BCUT2D eigenvalue weighted by Gasteiger charge is 2.24. The van der Waals surface area contributed by atoms with E-state index in [-0.39, 0.29) is 0 Å². The molecular formula is C12H11N7O7. The number of nitrogens with one attached hydrogen (secondary N) is 3. The molecule has 0 aliphatic heterocycles. The highest BCUT2D eigenvalue weighted by Crippen LogP contribution is 2.36. The number of H-pyrrole nitrogens is 3. The van der Waals surface area contributed by atoms with Crippen LogP contribution < -0.4 is 10.2 Å². The number of hydrogen-bond donors (Lipinski definition) is 2. The van der Waals surface area contributed by atoms with E-state index in [9.17, 15) is 35.4 Å². The van der Waals surface area contributed by atoms with E-state index in [0.29, 0.717) is 12.1 Å². The molecular weight excluding hydrogens is 354 g/mol. The summed E-state index contributed by atoms with van der Waals surface area (Å²) in [5.74, 6) is -1.46. The third-order valence-electron chi connectivity index (χ3n) is 2.49. The molecule has 26 heavy (non-hydrogen) atoms. The molecule has 136 valence electrons. The van der Waals surface area contributed by atoms with Gasteiger partial charge in [0.1, 0.15) is 0 Å². The van der Waals surface area contributed by atoms with Crippen LogP contribution in [0, 0.1) is 30.3 Å². The van der Waals surface area contributed by atoms with Gasteiger partial charge in [-0.15, -0.1) is 5.10 Å². The summed E-state index contributed by atoms with van der Waals surface area (Å²) in [6.45, 7) is 0. The van der Waals surface area contributed by atoms with Crippen LogP contribution in [-0.4, -0.2) is 30.1 Å². The second-order valence-corrected chi connectivity index (χ2v) is 4.17. The zero-order valence-electron chi connectivity index (χ0n) is 12.8. The van der Waals surface area contributed by atoms with Crippen molar-refractivity contribution in [3.05, 3.63) is 79.4 Å². The number of benzene rings is 1. The molecule has 0 bridgehead atoms. The van der Waals surface area contributed by atoms with E-state index in [1.807, 2.05) is 24.5 Å². The largest absolute Gasteiger partial charge is 0.863 e. The minimum absolute atomic E-state index is 0.384. The van der Waals surface area contributed by atoms with E-state index in [2.05, 4.69) is 20.4 Å². The lowest BCUT2D eigenvalue weighted by atomic mass is 10.2. The number of rotatable bonds is 3. The van der Waals surface area contributed by atoms with Crippen molar-refractivity contribution in [2.24, 2.45) is 0 Å². The van der Waals surface area contributed by atoms with Gasteiger partial charge in [0.05, 0.1) is 38.8 Å². The minimum Gasteiger partial charge on any atom is -0.863 e. The van der Waals surface area contributed by atoms with Gasteiger partial charge in [-0.1, -0.05) is 0 Å². The second-order valence-electron chi connectivity index (χ2n) is 4.17. The molecule has 0 aliphatic carbocycles. The molecule has 0 saturated carbocycles. The Morgan fingerprint density at radius 1 is 0.923 bits per heavy atom. The zero-order chi connectivity index (χ0) is 19.5. The van der Waals surface area contributed by atoms with Gasteiger partial charge in [-0.05, 0) is 6.07 Å². The smallest absolute Gasteiger partial charge is 0.283 e. The van der Waals surface area contributed by atoms with Gasteiger partial charge >= 0.3 is 0 Å². The predicted octanol–water partition coefficient (Wildman–Crippen LogP) is 0.723. The molecule has 0 spiro atoms. The molecule has 14 heteroatoms. The summed E-state index contributed by atoms with van der Waals surface area (Å²) in [4.78, 5) is 27.5. The van der Waals surface area contributed by atoms with E-state index in [4.69, 9.17) is 0 Å². The van der Waals surface area contributed by atoms with E-state index < -0.39 is 37.6 Å². The molecule has 3 aromatic rings. The quantitative estimate of drug-likeness (QED) is 0.497. The SMILES string of the molecule is O=[N+]([O-])c1cc([N+](=O)[O-])c([O-])c([N+](=O)[O-])c1.c1c[nH][nH+]c1.c1cn[nH]c1. The van der Waals surface area contributed by atoms with Crippen LogP contribution in [0.25, 0.3) is 0 Å². The number of non-ortho nitro benzene ring substituents is 1. The first kappa shape index (κ1) is 19.7. The molecule has 2 heterocycles. The van der Waals surface area contributed by atoms with Gasteiger partial charge in [0, 0.05) is 18.5 Å². The lowest BCUT2D eigenvalue weighted by Gasteiger charge is -2.06. The average molecular weight is 365 g/mol. The summed E-state index contributed by atoms with van der Waals surface area (Å²) in [6.07, 6.45) is 7.10. The molecule has 0 aliphatic rings. The van der Waals surface area contributed by atoms with Gasteiger partial charge in [-0.3, -0.25) is 35.4 Å². The third kappa shape index (κ3) is 6.03. The lowest BCUT2D eigenvalue weighted by molar-refractivity contribution is -0.449. The minimum atomic E-state index is -1.46. The van der Waals surface area contributed by atoms with E-state index >= 15 is 0 Å². The van der Waals surface area contributed by atoms with Gasteiger partial charge < -0.3 is 5.11 Å². The number of nitro benzene ring substituents is 3. The lowest BCUT2D eigenvalue weighted by Crippen LogP contribution is -2.04. The van der Waals surface area contributed by atoms with E-state index in [1.165, 1.54) is 0 Å². The average Bonchev–Trinajstić information content (AvgIpc) is 3.32. The van der Waals surface area contributed by atoms with Crippen LogP contribution in [-0.2, 0) is 0 Å². The van der Waals surface area contributed by atoms with Crippen LogP contribution in [0.3, 0.4) is 0 Å². The summed E-state index contributed by atoms with van der Waals surface area (Å²) in [5, 5.41) is 53.8. The number of hydrogen-bond acceptors (Lipinski definition) is 8. The molecule has 2 aromatic heterocycles. The molecule has 14 nitrogen and oxygen atoms in total. The molecule has 0 fully saturated rings. The van der Waals surface area contributed by atoms with Gasteiger partial charge in [0.25, 0.3) is 17.1 Å². The van der Waals surface area contributed by atoms with Gasteiger partial charge in [0.15, 0.2) is 6.20 Å². The maximum atomic E-state index is 11.1. The summed E-state index contributed by atoms with van der Waals surface area (Å²) in [6, 6.07) is 4.49. The van der Waals surface area contributed by atoms with Crippen LogP contribution in [0.4, 0.5) is 17.1 Å². The topological polar surface area (TPSA) is 211 Å². The Kier molecular flexibility index (Phi) is 7.35. The fraction of sp³-hybridized carbons (Fsp3) is 0. The fourth-order valence-corrected chi connectivity index (χ4v) is 1.42. The van der Waals surface area contributed by atoms with Crippen molar-refractivity contribution in [2.45, 2.75) is 0 Å². The number of nitrogens with zero attached hydrogens (tertiary/aromatic N) is 4. The predicted molar refractivity (Wildman–Crippen MR) is 81.8 cm³/mol. The van der Waals surface area contributed by atoms with Crippen molar-refractivity contribution < 1.29 is 25.0 Å². The monoisotopic (exact) mass is 365 g/mol. The second kappa shape index (κ2) is 9.71. The van der Waals surface area contributed by atoms with Crippen molar-refractivity contribution >= 4 is 17.1 Å². The van der Waals surface area contributed by atoms with Crippen LogP contribution in [0.5, 0.6) is 5.75 Å². The van der Waals surface area contributed by atoms with Crippen molar-refractivity contribution in [2.75, 3.05) is 0 Å². The first-order valence-electron chi connectivity index (χ1n) is 6.56. The molecule has 3 rings (SSSR count). The summed E-state index contributed by atoms with van der Waals surface area (Å²) in [7, 11) is 0. The van der Waals surface area contributed by atoms with Gasteiger partial charge in [0.2, 0.25) is 0 Å². The summed E-state index contributed by atoms with van der Waals surface area (Å²) in [5.41, 5.74) is -3.26. The van der Waals surface area contributed by atoms with Gasteiger partial charge in [-0.2, -0.15) is 10.2 Å². The summed E-state index contributed by atoms with van der Waals surface area (Å²) >= 11 is 0. The number of aromatic nitrogens is 4. The maximum absolute atomic E-state index is 11.1. The maximum Gasteiger partial charge on any atom is 0.283 e. The first-order valence-corrected chi connectivity index (χ1v) is 6.56. The van der Waals surface area contributed by atoms with Crippen molar-refractivity contribution in [1.29, 1.82) is 0 Å². The number of nitro groups is 3. The fourth-order valence-electron chi connectivity index (χ4n) is 1.42. The molecule has 0 atom stereocenters. The Labute approximate surface area is 143 Å². The van der Waals surface area contributed by atoms with Gasteiger partial charge in [-0.25, -0.2) is 0 Å². The van der Waals surface area contributed by atoms with E-state index in [1.54, 1.807) is 12.4 Å². The van der Waals surface area contributed by atoms with Crippen molar-refractivity contribution in [3.63, 3.8) is 0 Å². The Bertz CT molecular complexity index is 753. The molecule has 3 N–H and O–H groups in total. The molecule has 0 amide bonds. The van der Waals surface area contributed by atoms with Crippen molar-refractivity contribution in [1.82, 2.24) is 15.3 Å². The highest BCUT2D eigenvalue weighted by molar-refractivity contribution is 5.63. The normalized spacial score (nSPS) is 9.08. The van der Waals surface area contributed by atoms with Crippen LogP contribution in [0.1, 0.15) is 0 Å². The summed E-state index contributed by atoms with van der Waals surface area (Å²) < 4.78 is 0. The van der Waals surface area contributed by atoms with Crippen LogP contribution >= 0.6 is 0 Å².